The minimum Gasteiger partial charge on any atom is -0.308 e. The third-order valence-corrected chi connectivity index (χ3v) is 2.07. The van der Waals surface area contributed by atoms with Gasteiger partial charge in [-0.3, -0.25) is 4.79 Å². The molecule has 2 heteroatoms. The second-order valence-electron chi connectivity index (χ2n) is 3.03. The quantitative estimate of drug-likeness (QED) is 0.663. The smallest absolute Gasteiger partial charge is 0.146 e. The zero-order valence-corrected chi connectivity index (χ0v) is 7.98. The van der Waals surface area contributed by atoms with Crippen LogP contribution in [0.15, 0.2) is 0 Å². The van der Waals surface area contributed by atoms with Gasteiger partial charge in [0, 0.05) is 1.43 Å². The monoisotopic (exact) mass is 159 g/mol. The Balaban J connectivity index is 0. The van der Waals surface area contributed by atoms with Crippen molar-refractivity contribution in [3.63, 3.8) is 0 Å². The fourth-order valence-electron chi connectivity index (χ4n) is 1.20. The normalized spacial score (nSPS) is 16.0. The molecule has 0 aliphatic rings. The van der Waals surface area contributed by atoms with Crippen LogP contribution in [-0.2, 0) is 4.79 Å². The predicted octanol–water partition coefficient (Wildman–Crippen LogP) is 1.85. The topological polar surface area (TPSA) is 29.1 Å². The van der Waals surface area contributed by atoms with E-state index in [9.17, 15) is 4.79 Å². The van der Waals surface area contributed by atoms with Crippen LogP contribution < -0.4 is 5.32 Å². The molecule has 68 valence electrons. The number of ketones is 1. The molecule has 0 rings (SSSR count). The maximum Gasteiger partial charge on any atom is 0.146 e. The molecule has 0 aliphatic carbocycles. The predicted molar refractivity (Wildman–Crippen MR) is 49.7 cm³/mol. The van der Waals surface area contributed by atoms with E-state index >= 15 is 0 Å². The lowest BCUT2D eigenvalue weighted by Crippen LogP contribution is -2.40. The summed E-state index contributed by atoms with van der Waals surface area (Å²) >= 11 is 0. The van der Waals surface area contributed by atoms with Crippen LogP contribution in [0.1, 0.15) is 35.5 Å². The molecule has 0 bridgehead atoms. The van der Waals surface area contributed by atoms with Gasteiger partial charge >= 0.3 is 0 Å². The van der Waals surface area contributed by atoms with E-state index in [1.807, 2.05) is 6.92 Å². The van der Waals surface area contributed by atoms with E-state index in [0.29, 0.717) is 5.92 Å². The molecule has 0 radical (unpaired) electrons. The zero-order valence-electron chi connectivity index (χ0n) is 7.98. The SMILES string of the molecule is CCNC(C(C)=O)C(C)CC.[HH]. The summed E-state index contributed by atoms with van der Waals surface area (Å²) < 4.78 is 0. The molecule has 0 saturated carbocycles. The first-order valence-electron chi connectivity index (χ1n) is 4.37. The summed E-state index contributed by atoms with van der Waals surface area (Å²) in [7, 11) is 0. The number of carbonyl (C=O) groups excluding carboxylic acids is 1. The largest absolute Gasteiger partial charge is 0.308 e. The van der Waals surface area contributed by atoms with Crippen molar-refractivity contribution in [3.05, 3.63) is 0 Å². The van der Waals surface area contributed by atoms with Gasteiger partial charge in [-0.25, -0.2) is 0 Å². The van der Waals surface area contributed by atoms with Gasteiger partial charge in [-0.15, -0.1) is 0 Å². The van der Waals surface area contributed by atoms with Crippen molar-refractivity contribution in [3.8, 4) is 0 Å². The van der Waals surface area contributed by atoms with Crippen molar-refractivity contribution in [2.75, 3.05) is 6.54 Å². The Morgan fingerprint density at radius 2 is 2.09 bits per heavy atom. The van der Waals surface area contributed by atoms with Crippen molar-refractivity contribution in [2.45, 2.75) is 40.2 Å². The standard InChI is InChI=1S/C9H19NO.H2/c1-5-7(3)9(8(4)11)10-6-2;/h7,9-10H,5-6H2,1-4H3;1H. The molecule has 0 aliphatic heterocycles. The highest BCUT2D eigenvalue weighted by molar-refractivity contribution is 5.81. The minimum atomic E-state index is 0. The number of hydrogen-bond acceptors (Lipinski definition) is 2. The van der Waals surface area contributed by atoms with E-state index < -0.39 is 0 Å². The Hall–Kier alpha value is -0.370. The third kappa shape index (κ3) is 3.51. The molecule has 11 heavy (non-hydrogen) atoms. The van der Waals surface area contributed by atoms with Gasteiger partial charge in [-0.2, -0.15) is 0 Å². The van der Waals surface area contributed by atoms with Crippen molar-refractivity contribution in [1.29, 1.82) is 0 Å². The van der Waals surface area contributed by atoms with Crippen LogP contribution in [-0.4, -0.2) is 18.4 Å². The van der Waals surface area contributed by atoms with Gasteiger partial charge in [0.1, 0.15) is 5.78 Å². The molecule has 0 aromatic heterocycles. The van der Waals surface area contributed by atoms with Gasteiger partial charge in [0.05, 0.1) is 6.04 Å². The lowest BCUT2D eigenvalue weighted by atomic mass is 9.96. The van der Waals surface area contributed by atoms with Gasteiger partial charge in [-0.05, 0) is 19.4 Å². The molecule has 0 spiro atoms. The Morgan fingerprint density at radius 1 is 1.55 bits per heavy atom. The summed E-state index contributed by atoms with van der Waals surface area (Å²) in [6.07, 6.45) is 1.05. The fourth-order valence-corrected chi connectivity index (χ4v) is 1.20. The molecule has 0 aromatic carbocycles. The first kappa shape index (κ1) is 10.6. The average molecular weight is 159 g/mol. The van der Waals surface area contributed by atoms with Crippen LogP contribution in [0.5, 0.6) is 0 Å². The van der Waals surface area contributed by atoms with Crippen LogP contribution in [0.3, 0.4) is 0 Å². The van der Waals surface area contributed by atoms with E-state index in [0.717, 1.165) is 13.0 Å². The van der Waals surface area contributed by atoms with Crippen molar-refractivity contribution in [2.24, 2.45) is 5.92 Å². The molecule has 0 fully saturated rings. The molecule has 0 heterocycles. The van der Waals surface area contributed by atoms with Crippen LogP contribution in [0.4, 0.5) is 0 Å². The number of likely N-dealkylation sites (N-methyl/N-ethyl adjacent to an activating group) is 1. The van der Waals surface area contributed by atoms with Crippen LogP contribution in [0.25, 0.3) is 0 Å². The number of Topliss-reactive ketones (excluding diaryl/α,β-unsaturated/α-hetero) is 1. The second kappa shape index (κ2) is 5.30. The third-order valence-electron chi connectivity index (χ3n) is 2.07. The van der Waals surface area contributed by atoms with Crippen LogP contribution in [0.2, 0.25) is 0 Å². The van der Waals surface area contributed by atoms with Gasteiger partial charge < -0.3 is 5.32 Å². The molecule has 0 amide bonds. The van der Waals surface area contributed by atoms with Crippen LogP contribution in [0, 0.1) is 5.92 Å². The van der Waals surface area contributed by atoms with Gasteiger partial charge in [0.15, 0.2) is 0 Å². The number of hydrogen-bond donors (Lipinski definition) is 1. The van der Waals surface area contributed by atoms with Crippen molar-refractivity contribution in [1.82, 2.24) is 5.32 Å². The Kier molecular flexibility index (Phi) is 5.12. The van der Waals surface area contributed by atoms with Crippen molar-refractivity contribution < 1.29 is 6.22 Å². The molecule has 0 aromatic rings. The number of rotatable bonds is 5. The molecular weight excluding hydrogens is 138 g/mol. The highest BCUT2D eigenvalue weighted by atomic mass is 16.1. The summed E-state index contributed by atoms with van der Waals surface area (Å²) in [6, 6.07) is 0.0602. The summed E-state index contributed by atoms with van der Waals surface area (Å²) in [5.41, 5.74) is 0. The number of carbonyl (C=O) groups is 1. The van der Waals surface area contributed by atoms with E-state index in [1.165, 1.54) is 0 Å². The Morgan fingerprint density at radius 3 is 2.36 bits per heavy atom. The molecule has 1 N–H and O–H groups in total. The van der Waals surface area contributed by atoms with Gasteiger partial charge in [0.2, 0.25) is 0 Å². The van der Waals surface area contributed by atoms with E-state index in [2.05, 4.69) is 19.2 Å². The lowest BCUT2D eigenvalue weighted by molar-refractivity contribution is -0.120. The lowest BCUT2D eigenvalue weighted by Gasteiger charge is -2.20. The van der Waals surface area contributed by atoms with Crippen molar-refractivity contribution >= 4 is 5.78 Å². The molecule has 2 atom stereocenters. The maximum absolute atomic E-state index is 11.1. The van der Waals surface area contributed by atoms with Crippen LogP contribution >= 0.6 is 0 Å². The molecular formula is C9H21NO. The summed E-state index contributed by atoms with van der Waals surface area (Å²) in [4.78, 5) is 11.1. The van der Waals surface area contributed by atoms with E-state index in [-0.39, 0.29) is 13.3 Å². The highest BCUT2D eigenvalue weighted by Gasteiger charge is 2.18. The summed E-state index contributed by atoms with van der Waals surface area (Å²) in [6.45, 7) is 8.76. The minimum absolute atomic E-state index is 0. The Labute approximate surface area is 70.9 Å². The first-order chi connectivity index (χ1) is 5.13. The molecule has 2 unspecified atom stereocenters. The zero-order chi connectivity index (χ0) is 8.85. The average Bonchev–Trinajstić information content (AvgIpc) is 1.98. The van der Waals surface area contributed by atoms with E-state index in [1.54, 1.807) is 6.92 Å². The molecule has 2 nitrogen and oxygen atoms in total. The fraction of sp³-hybridized carbons (Fsp3) is 0.889. The summed E-state index contributed by atoms with van der Waals surface area (Å²) in [5.74, 6) is 0.702. The number of nitrogens with one attached hydrogen (secondary N) is 1. The second-order valence-corrected chi connectivity index (χ2v) is 3.03. The Bertz CT molecular complexity index is 128. The summed E-state index contributed by atoms with van der Waals surface area (Å²) in [5, 5.41) is 3.18. The van der Waals surface area contributed by atoms with E-state index in [4.69, 9.17) is 0 Å². The van der Waals surface area contributed by atoms with Gasteiger partial charge in [-0.1, -0.05) is 27.2 Å². The van der Waals surface area contributed by atoms with Gasteiger partial charge in [0.25, 0.3) is 0 Å². The first-order valence-corrected chi connectivity index (χ1v) is 4.37. The highest BCUT2D eigenvalue weighted by Crippen LogP contribution is 2.07. The maximum atomic E-state index is 11.1. The molecule has 0 saturated heterocycles.